The number of carbonyl (C=O) groups is 1. The minimum absolute atomic E-state index is 0.0456. The van der Waals surface area contributed by atoms with Crippen molar-refractivity contribution in [2.75, 3.05) is 0 Å². The van der Waals surface area contributed by atoms with E-state index in [2.05, 4.69) is 9.98 Å². The van der Waals surface area contributed by atoms with Crippen molar-refractivity contribution in [1.82, 2.24) is 14.1 Å². The summed E-state index contributed by atoms with van der Waals surface area (Å²) in [5, 5.41) is 9.09. The maximum absolute atomic E-state index is 14.6. The molecule has 1 heterocycles. The van der Waals surface area contributed by atoms with Gasteiger partial charge in [-0.05, 0) is 87.7 Å². The van der Waals surface area contributed by atoms with Gasteiger partial charge in [-0.1, -0.05) is 0 Å². The SMILES string of the molecule is CC(C)Oc1ccc(/N=c2\[nH]c(=O)n(CCC(=O)O)c(=O)n2CC23CC4CC(CC(C4)C2)C3)cc1F. The summed E-state index contributed by atoms with van der Waals surface area (Å²) in [6.07, 6.45) is 6.32. The van der Waals surface area contributed by atoms with Gasteiger partial charge in [0.15, 0.2) is 11.6 Å². The van der Waals surface area contributed by atoms with Crippen LogP contribution in [0.4, 0.5) is 10.1 Å². The first kappa shape index (κ1) is 24.5. The summed E-state index contributed by atoms with van der Waals surface area (Å²) in [7, 11) is 0. The van der Waals surface area contributed by atoms with Gasteiger partial charge in [0.1, 0.15) is 0 Å². The molecular formula is C26H33FN4O5. The smallest absolute Gasteiger partial charge is 0.335 e. The Morgan fingerprint density at radius 1 is 1.17 bits per heavy atom. The third kappa shape index (κ3) is 4.90. The molecule has 4 bridgehead atoms. The molecule has 0 saturated heterocycles. The summed E-state index contributed by atoms with van der Waals surface area (Å²) >= 11 is 0. The van der Waals surface area contributed by atoms with Gasteiger partial charge in [-0.3, -0.25) is 14.3 Å². The molecule has 0 spiro atoms. The molecule has 0 atom stereocenters. The van der Waals surface area contributed by atoms with Gasteiger partial charge in [0.2, 0.25) is 5.62 Å². The van der Waals surface area contributed by atoms with E-state index >= 15 is 0 Å². The van der Waals surface area contributed by atoms with Crippen LogP contribution in [-0.4, -0.2) is 31.3 Å². The quantitative estimate of drug-likeness (QED) is 0.577. The van der Waals surface area contributed by atoms with Crippen LogP contribution in [0.5, 0.6) is 5.75 Å². The van der Waals surface area contributed by atoms with E-state index in [0.717, 1.165) is 23.8 Å². The molecule has 4 saturated carbocycles. The third-order valence-corrected chi connectivity index (χ3v) is 7.90. The molecule has 4 aliphatic rings. The molecule has 0 aliphatic heterocycles. The van der Waals surface area contributed by atoms with Crippen LogP contribution in [-0.2, 0) is 17.9 Å². The third-order valence-electron chi connectivity index (χ3n) is 7.90. The van der Waals surface area contributed by atoms with Gasteiger partial charge in [0.25, 0.3) is 0 Å². The molecule has 9 nitrogen and oxygen atoms in total. The fraction of sp³-hybridized carbons (Fsp3) is 0.615. The first-order valence-corrected chi connectivity index (χ1v) is 12.8. The van der Waals surface area contributed by atoms with E-state index in [1.807, 2.05) is 0 Å². The summed E-state index contributed by atoms with van der Waals surface area (Å²) in [5.41, 5.74) is -1.09. The minimum atomic E-state index is -1.10. The topological polar surface area (TPSA) is 119 Å². The second-order valence-corrected chi connectivity index (χ2v) is 11.2. The number of carboxylic acid groups (broad SMARTS) is 1. The van der Waals surface area contributed by atoms with Crippen molar-refractivity contribution in [3.05, 3.63) is 50.6 Å². The molecule has 4 fully saturated rings. The number of benzene rings is 1. The monoisotopic (exact) mass is 500 g/mol. The molecule has 0 amide bonds. The lowest BCUT2D eigenvalue weighted by molar-refractivity contribution is -0.137. The minimum Gasteiger partial charge on any atom is -0.488 e. The predicted molar refractivity (Wildman–Crippen MR) is 130 cm³/mol. The van der Waals surface area contributed by atoms with Gasteiger partial charge < -0.3 is 9.84 Å². The van der Waals surface area contributed by atoms with Crippen molar-refractivity contribution in [3.63, 3.8) is 0 Å². The average molecular weight is 501 g/mol. The summed E-state index contributed by atoms with van der Waals surface area (Å²) in [5.74, 6) is 0.407. The lowest BCUT2D eigenvalue weighted by Gasteiger charge is -2.56. The molecule has 0 unspecified atom stereocenters. The van der Waals surface area contributed by atoms with Crippen molar-refractivity contribution in [3.8, 4) is 5.75 Å². The number of hydrogen-bond acceptors (Lipinski definition) is 5. The Kier molecular flexibility index (Phi) is 6.38. The van der Waals surface area contributed by atoms with E-state index in [4.69, 9.17) is 9.84 Å². The van der Waals surface area contributed by atoms with Gasteiger partial charge in [-0.2, -0.15) is 0 Å². The molecular weight excluding hydrogens is 467 g/mol. The van der Waals surface area contributed by atoms with Gasteiger partial charge in [-0.25, -0.2) is 23.5 Å². The standard InChI is InChI=1S/C26H33FN4O5/c1-15(2)36-21-4-3-19(10-20(21)27)28-23-29-24(34)30(6-5-22(32)33)25(35)31(23)14-26-11-16-7-17(12-26)9-18(8-16)13-26/h3-4,10,15-18H,5-9,11-14H2,1-2H3,(H,32,33)(H,28,29,34). The number of nitrogens with zero attached hydrogens (tertiary/aromatic N) is 3. The van der Waals surface area contributed by atoms with Crippen LogP contribution in [0, 0.1) is 29.0 Å². The molecule has 1 aromatic carbocycles. The van der Waals surface area contributed by atoms with Gasteiger partial charge >= 0.3 is 17.3 Å². The second kappa shape index (κ2) is 9.37. The highest BCUT2D eigenvalue weighted by Crippen LogP contribution is 2.60. The Hall–Kier alpha value is -3.17. The molecule has 2 aromatic rings. The molecule has 2 N–H and O–H groups in total. The van der Waals surface area contributed by atoms with E-state index in [1.165, 1.54) is 36.0 Å². The van der Waals surface area contributed by atoms with Crippen LogP contribution in [0.2, 0.25) is 0 Å². The maximum atomic E-state index is 14.6. The predicted octanol–water partition coefficient (Wildman–Crippen LogP) is 3.19. The van der Waals surface area contributed by atoms with Crippen molar-refractivity contribution in [2.45, 2.75) is 78.0 Å². The van der Waals surface area contributed by atoms with Gasteiger partial charge in [0, 0.05) is 19.2 Å². The van der Waals surface area contributed by atoms with E-state index in [-0.39, 0.29) is 41.5 Å². The van der Waals surface area contributed by atoms with Crippen molar-refractivity contribution in [1.29, 1.82) is 0 Å². The highest BCUT2D eigenvalue weighted by molar-refractivity contribution is 5.66. The first-order valence-electron chi connectivity index (χ1n) is 12.8. The molecule has 194 valence electrons. The van der Waals surface area contributed by atoms with E-state index < -0.39 is 23.2 Å². The number of aliphatic carboxylic acids is 1. The van der Waals surface area contributed by atoms with E-state index in [0.29, 0.717) is 24.3 Å². The number of halogens is 1. The Morgan fingerprint density at radius 2 is 1.81 bits per heavy atom. The van der Waals surface area contributed by atoms with E-state index in [9.17, 15) is 18.8 Å². The van der Waals surface area contributed by atoms with Crippen LogP contribution in [0.15, 0.2) is 32.8 Å². The van der Waals surface area contributed by atoms with Gasteiger partial charge in [-0.15, -0.1) is 0 Å². The van der Waals surface area contributed by atoms with Crippen LogP contribution in [0.25, 0.3) is 0 Å². The summed E-state index contributed by atoms with van der Waals surface area (Å²) < 4.78 is 22.5. The summed E-state index contributed by atoms with van der Waals surface area (Å²) in [6, 6.07) is 4.26. The molecule has 1 aromatic heterocycles. The number of hydrogen-bond donors (Lipinski definition) is 2. The molecule has 4 aliphatic carbocycles. The zero-order valence-electron chi connectivity index (χ0n) is 20.7. The Morgan fingerprint density at radius 3 is 2.36 bits per heavy atom. The number of carboxylic acids is 1. The highest BCUT2D eigenvalue weighted by Gasteiger charge is 2.51. The highest BCUT2D eigenvalue weighted by atomic mass is 19.1. The average Bonchev–Trinajstić information content (AvgIpc) is 2.77. The number of aromatic nitrogens is 3. The molecule has 36 heavy (non-hydrogen) atoms. The Balaban J connectivity index is 1.58. The molecule has 0 radical (unpaired) electrons. The second-order valence-electron chi connectivity index (χ2n) is 11.2. The van der Waals surface area contributed by atoms with Crippen LogP contribution >= 0.6 is 0 Å². The van der Waals surface area contributed by atoms with Crippen LogP contribution in [0.3, 0.4) is 0 Å². The van der Waals surface area contributed by atoms with E-state index in [1.54, 1.807) is 19.9 Å². The fourth-order valence-corrected chi connectivity index (χ4v) is 7.04. The lowest BCUT2D eigenvalue weighted by Crippen LogP contribution is -2.55. The summed E-state index contributed by atoms with van der Waals surface area (Å²) in [6.45, 7) is 3.76. The number of rotatable bonds is 8. The number of aromatic amines is 1. The first-order chi connectivity index (χ1) is 17.1. The normalized spacial score (nSPS) is 27.1. The van der Waals surface area contributed by atoms with Gasteiger partial charge in [0.05, 0.1) is 18.2 Å². The molecule has 10 heteroatoms. The number of nitrogens with one attached hydrogen (secondary N) is 1. The largest absolute Gasteiger partial charge is 0.488 e. The zero-order valence-corrected chi connectivity index (χ0v) is 20.7. The van der Waals surface area contributed by atoms with Crippen molar-refractivity contribution < 1.29 is 19.0 Å². The number of H-pyrrole nitrogens is 1. The van der Waals surface area contributed by atoms with Crippen molar-refractivity contribution >= 4 is 11.7 Å². The maximum Gasteiger partial charge on any atom is 0.335 e. The number of ether oxygens (including phenoxy) is 1. The van der Waals surface area contributed by atoms with Crippen LogP contribution < -0.4 is 21.7 Å². The lowest BCUT2D eigenvalue weighted by atomic mass is 9.49. The van der Waals surface area contributed by atoms with Crippen LogP contribution in [0.1, 0.15) is 58.8 Å². The fourth-order valence-electron chi connectivity index (χ4n) is 7.04. The van der Waals surface area contributed by atoms with Crippen molar-refractivity contribution in [2.24, 2.45) is 28.2 Å². The Bertz CT molecular complexity index is 1320. The molecule has 6 rings (SSSR count). The Labute approximate surface area is 207 Å². The zero-order chi connectivity index (χ0) is 25.6. The summed E-state index contributed by atoms with van der Waals surface area (Å²) in [4.78, 5) is 44.5.